The van der Waals surface area contributed by atoms with Crippen molar-refractivity contribution >= 4 is 16.9 Å². The van der Waals surface area contributed by atoms with Gasteiger partial charge in [0.2, 0.25) is 0 Å². The van der Waals surface area contributed by atoms with Crippen LogP contribution < -0.4 is 5.32 Å². The molecule has 3 aromatic carbocycles. The summed E-state index contributed by atoms with van der Waals surface area (Å²) in [4.78, 5) is 17.3. The third-order valence-electron chi connectivity index (χ3n) is 5.06. The number of rotatable bonds is 5. The van der Waals surface area contributed by atoms with Crippen LogP contribution in [-0.2, 0) is 0 Å². The lowest BCUT2D eigenvalue weighted by Crippen LogP contribution is -2.29. The van der Waals surface area contributed by atoms with E-state index in [9.17, 15) is 4.79 Å². The Balaban J connectivity index is 1.44. The van der Waals surface area contributed by atoms with Crippen LogP contribution in [0.2, 0.25) is 0 Å². The lowest BCUT2D eigenvalue weighted by molar-refractivity contribution is 0.0939. The van der Waals surface area contributed by atoms with Gasteiger partial charge in [-0.1, -0.05) is 53.7 Å². The molecule has 0 aliphatic carbocycles. The molecule has 0 aliphatic heterocycles. The van der Waals surface area contributed by atoms with Crippen LogP contribution in [0.1, 0.15) is 33.5 Å². The van der Waals surface area contributed by atoms with Gasteiger partial charge in [-0.25, -0.2) is 0 Å². The van der Waals surface area contributed by atoms with Crippen molar-refractivity contribution in [3.63, 3.8) is 0 Å². The molecular weight excluding hydrogens is 390 g/mol. The summed E-state index contributed by atoms with van der Waals surface area (Å²) >= 11 is 0. The van der Waals surface area contributed by atoms with E-state index in [-0.39, 0.29) is 5.91 Å². The van der Waals surface area contributed by atoms with Gasteiger partial charge < -0.3 is 14.3 Å². The molecule has 5 aromatic rings. The highest BCUT2D eigenvalue weighted by Gasteiger charge is 2.21. The molecule has 6 nitrogen and oxygen atoms in total. The van der Waals surface area contributed by atoms with Crippen LogP contribution in [0.25, 0.3) is 22.4 Å². The van der Waals surface area contributed by atoms with E-state index in [1.807, 2.05) is 60.7 Å². The van der Waals surface area contributed by atoms with Crippen LogP contribution in [0.4, 0.5) is 0 Å². The Morgan fingerprint density at radius 3 is 2.39 bits per heavy atom. The quantitative estimate of drug-likeness (QED) is 0.425. The minimum absolute atomic E-state index is 0.206. The van der Waals surface area contributed by atoms with Gasteiger partial charge in [-0.05, 0) is 48.9 Å². The fourth-order valence-corrected chi connectivity index (χ4v) is 3.50. The summed E-state index contributed by atoms with van der Waals surface area (Å²) in [5.41, 5.74) is 3.01. The molecule has 0 fully saturated rings. The number of fused-ring (bicyclic) bond motifs is 1. The van der Waals surface area contributed by atoms with E-state index in [4.69, 9.17) is 8.94 Å². The second-order valence-corrected chi connectivity index (χ2v) is 7.23. The first-order chi connectivity index (χ1) is 15.2. The molecule has 31 heavy (non-hydrogen) atoms. The number of benzene rings is 3. The first kappa shape index (κ1) is 18.8. The van der Waals surface area contributed by atoms with Gasteiger partial charge in [-0.15, -0.1) is 0 Å². The van der Waals surface area contributed by atoms with Gasteiger partial charge in [0.05, 0.1) is 0 Å². The third-order valence-corrected chi connectivity index (χ3v) is 5.06. The molecule has 0 radical (unpaired) electrons. The molecule has 152 valence electrons. The molecule has 2 heterocycles. The Hall–Kier alpha value is -4.19. The van der Waals surface area contributed by atoms with E-state index in [0.717, 1.165) is 22.1 Å². The first-order valence-corrected chi connectivity index (χ1v) is 9.92. The number of carbonyl (C=O) groups excluding carboxylic acids is 1. The molecule has 1 amide bonds. The highest BCUT2D eigenvalue weighted by molar-refractivity contribution is 5.95. The van der Waals surface area contributed by atoms with Crippen LogP contribution in [0.15, 0.2) is 93.9 Å². The van der Waals surface area contributed by atoms with Crippen molar-refractivity contribution in [2.75, 3.05) is 0 Å². The standard InChI is InChI=1S/C25H19N3O3/c1-16-26-25(31-28-16)19-13-11-18(12-14-19)24(29)27-23(17-7-3-2-4-8-17)22-15-20-9-5-6-10-21(20)30-22/h2-15,23H,1H3,(H,27,29). The topological polar surface area (TPSA) is 81.2 Å². The number of amides is 1. The van der Waals surface area contributed by atoms with Crippen LogP contribution in [0.5, 0.6) is 0 Å². The zero-order valence-corrected chi connectivity index (χ0v) is 16.8. The summed E-state index contributed by atoms with van der Waals surface area (Å²) in [7, 11) is 0. The average Bonchev–Trinajstić information content (AvgIpc) is 3.44. The molecule has 0 saturated heterocycles. The monoisotopic (exact) mass is 409 g/mol. The highest BCUT2D eigenvalue weighted by atomic mass is 16.5. The SMILES string of the molecule is Cc1noc(-c2ccc(C(=O)NC(c3ccccc3)c3cc4ccccc4o3)cc2)n1. The van der Waals surface area contributed by atoms with E-state index in [1.165, 1.54) is 0 Å². The van der Waals surface area contributed by atoms with Gasteiger partial charge in [-0.2, -0.15) is 4.98 Å². The van der Waals surface area contributed by atoms with Crippen molar-refractivity contribution in [3.8, 4) is 11.5 Å². The number of para-hydroxylation sites is 1. The molecule has 2 aromatic heterocycles. The minimum atomic E-state index is -0.417. The Bertz CT molecular complexity index is 1300. The summed E-state index contributed by atoms with van der Waals surface area (Å²) in [6, 6.07) is 26.2. The molecule has 1 N–H and O–H groups in total. The minimum Gasteiger partial charge on any atom is -0.459 e. The van der Waals surface area contributed by atoms with E-state index in [0.29, 0.717) is 23.0 Å². The third kappa shape index (κ3) is 3.83. The largest absolute Gasteiger partial charge is 0.459 e. The van der Waals surface area contributed by atoms with Gasteiger partial charge in [-0.3, -0.25) is 4.79 Å². The second kappa shape index (κ2) is 7.91. The van der Waals surface area contributed by atoms with E-state index in [1.54, 1.807) is 31.2 Å². The van der Waals surface area contributed by atoms with Crippen molar-refractivity contribution < 1.29 is 13.7 Å². The molecule has 0 saturated carbocycles. The van der Waals surface area contributed by atoms with Crippen LogP contribution in [0.3, 0.4) is 0 Å². The Kier molecular flexibility index (Phi) is 4.80. The summed E-state index contributed by atoms with van der Waals surface area (Å²) in [5, 5.41) is 7.90. The Labute approximate surface area is 178 Å². The predicted molar refractivity (Wildman–Crippen MR) is 116 cm³/mol. The number of aromatic nitrogens is 2. The van der Waals surface area contributed by atoms with Gasteiger partial charge in [0.25, 0.3) is 11.8 Å². The van der Waals surface area contributed by atoms with Crippen molar-refractivity contribution in [2.45, 2.75) is 13.0 Å². The molecule has 0 bridgehead atoms. The van der Waals surface area contributed by atoms with Crippen LogP contribution in [0, 0.1) is 6.92 Å². The Morgan fingerprint density at radius 1 is 0.935 bits per heavy atom. The normalized spacial score (nSPS) is 12.0. The average molecular weight is 409 g/mol. The number of hydrogen-bond donors (Lipinski definition) is 1. The number of nitrogens with one attached hydrogen (secondary N) is 1. The summed E-state index contributed by atoms with van der Waals surface area (Å²) < 4.78 is 11.2. The fraction of sp³-hybridized carbons (Fsp3) is 0.0800. The van der Waals surface area contributed by atoms with E-state index < -0.39 is 6.04 Å². The lowest BCUT2D eigenvalue weighted by atomic mass is 10.0. The highest BCUT2D eigenvalue weighted by Crippen LogP contribution is 2.29. The first-order valence-electron chi connectivity index (χ1n) is 9.92. The van der Waals surface area contributed by atoms with E-state index in [2.05, 4.69) is 15.5 Å². The number of furan rings is 1. The maximum atomic E-state index is 13.1. The van der Waals surface area contributed by atoms with Crippen LogP contribution >= 0.6 is 0 Å². The summed E-state index contributed by atoms with van der Waals surface area (Å²) in [5.74, 6) is 1.46. The molecule has 1 unspecified atom stereocenters. The van der Waals surface area contributed by atoms with Crippen molar-refractivity contribution in [1.82, 2.24) is 15.5 Å². The van der Waals surface area contributed by atoms with Crippen LogP contribution in [-0.4, -0.2) is 16.0 Å². The molecule has 5 rings (SSSR count). The predicted octanol–water partition coefficient (Wildman–Crippen LogP) is 5.31. The van der Waals surface area contributed by atoms with Gasteiger partial charge in [0.1, 0.15) is 17.4 Å². The lowest BCUT2D eigenvalue weighted by Gasteiger charge is -2.17. The number of aryl methyl sites for hydroxylation is 1. The smallest absolute Gasteiger partial charge is 0.257 e. The second-order valence-electron chi connectivity index (χ2n) is 7.23. The number of nitrogens with zero attached hydrogens (tertiary/aromatic N) is 2. The number of carbonyl (C=O) groups is 1. The number of hydrogen-bond acceptors (Lipinski definition) is 5. The molecule has 6 heteroatoms. The molecule has 1 atom stereocenters. The zero-order valence-electron chi connectivity index (χ0n) is 16.8. The van der Waals surface area contributed by atoms with Gasteiger partial charge in [0, 0.05) is 16.5 Å². The molecule has 0 spiro atoms. The van der Waals surface area contributed by atoms with Crippen molar-refractivity contribution in [2.24, 2.45) is 0 Å². The zero-order chi connectivity index (χ0) is 21.2. The van der Waals surface area contributed by atoms with Gasteiger partial charge >= 0.3 is 0 Å². The van der Waals surface area contributed by atoms with Gasteiger partial charge in [0.15, 0.2) is 5.82 Å². The van der Waals surface area contributed by atoms with Crippen molar-refractivity contribution in [1.29, 1.82) is 0 Å². The summed E-state index contributed by atoms with van der Waals surface area (Å²) in [6.45, 7) is 1.76. The fourth-order valence-electron chi connectivity index (χ4n) is 3.50. The molecule has 0 aliphatic rings. The molecular formula is C25H19N3O3. The maximum Gasteiger partial charge on any atom is 0.257 e. The Morgan fingerprint density at radius 2 is 1.68 bits per heavy atom. The maximum absolute atomic E-state index is 13.1. The summed E-state index contributed by atoms with van der Waals surface area (Å²) in [6.07, 6.45) is 0. The van der Waals surface area contributed by atoms with Crippen molar-refractivity contribution in [3.05, 3.63) is 108 Å². The van der Waals surface area contributed by atoms with E-state index >= 15 is 0 Å².